The molecular weight excluding hydrogens is 271 g/mol. The molecule has 0 saturated heterocycles. The van der Waals surface area contributed by atoms with Crippen LogP contribution in [0.2, 0.25) is 0 Å². The highest BCUT2D eigenvalue weighted by Crippen LogP contribution is 2.17. The van der Waals surface area contributed by atoms with E-state index >= 15 is 0 Å². The van der Waals surface area contributed by atoms with Crippen LogP contribution in [0.25, 0.3) is 0 Å². The number of nitrogens with one attached hydrogen (secondary N) is 1. The number of carbonyl (C=O) groups is 1. The Hall–Kier alpha value is -2.50. The van der Waals surface area contributed by atoms with Crippen molar-refractivity contribution < 1.29 is 23.1 Å². The zero-order valence-electron chi connectivity index (χ0n) is 10.2. The molecule has 0 radical (unpaired) electrons. The van der Waals surface area contributed by atoms with E-state index in [2.05, 4.69) is 5.32 Å². The van der Waals surface area contributed by atoms with Gasteiger partial charge in [0, 0.05) is 17.8 Å². The number of hydrogen-bond acceptors (Lipinski definition) is 2. The minimum absolute atomic E-state index is 0.0473. The van der Waals surface area contributed by atoms with E-state index < -0.39 is 29.0 Å². The summed E-state index contributed by atoms with van der Waals surface area (Å²) >= 11 is 0. The summed E-state index contributed by atoms with van der Waals surface area (Å²) in [5, 5.41) is 11.5. The smallest absolute Gasteiger partial charge is 0.338 e. The van der Waals surface area contributed by atoms with Gasteiger partial charge in [0.15, 0.2) is 0 Å². The number of anilines is 1. The highest BCUT2D eigenvalue weighted by molar-refractivity contribution is 5.89. The third kappa shape index (κ3) is 3.09. The van der Waals surface area contributed by atoms with Crippen LogP contribution < -0.4 is 5.32 Å². The number of rotatable bonds is 4. The van der Waals surface area contributed by atoms with Crippen molar-refractivity contribution in [1.29, 1.82) is 0 Å². The van der Waals surface area contributed by atoms with E-state index in [9.17, 15) is 18.0 Å². The average Bonchev–Trinajstić information content (AvgIpc) is 2.41. The number of halogens is 3. The highest BCUT2D eigenvalue weighted by Gasteiger charge is 2.11. The maximum Gasteiger partial charge on any atom is 0.338 e. The number of carboxylic acids is 1. The summed E-state index contributed by atoms with van der Waals surface area (Å²) in [6, 6.07) is 6.43. The van der Waals surface area contributed by atoms with Crippen molar-refractivity contribution in [3.05, 3.63) is 65.0 Å². The fourth-order valence-electron chi connectivity index (χ4n) is 1.68. The quantitative estimate of drug-likeness (QED) is 0.902. The van der Waals surface area contributed by atoms with E-state index in [1.54, 1.807) is 0 Å². The van der Waals surface area contributed by atoms with Crippen molar-refractivity contribution in [2.45, 2.75) is 6.54 Å². The lowest BCUT2D eigenvalue weighted by Crippen LogP contribution is -2.05. The van der Waals surface area contributed by atoms with Gasteiger partial charge in [-0.2, -0.15) is 0 Å². The van der Waals surface area contributed by atoms with Gasteiger partial charge in [-0.15, -0.1) is 0 Å². The fourth-order valence-corrected chi connectivity index (χ4v) is 1.68. The van der Waals surface area contributed by atoms with E-state index in [1.165, 1.54) is 6.07 Å². The number of hydrogen-bond donors (Lipinski definition) is 2. The number of benzene rings is 2. The lowest BCUT2D eigenvalue weighted by Gasteiger charge is -2.09. The second-order valence-electron chi connectivity index (χ2n) is 4.09. The van der Waals surface area contributed by atoms with Gasteiger partial charge < -0.3 is 10.4 Å². The molecule has 0 unspecified atom stereocenters. The molecule has 2 aromatic carbocycles. The molecular formula is C14H10F3NO2. The summed E-state index contributed by atoms with van der Waals surface area (Å²) in [4.78, 5) is 10.8. The first-order chi connectivity index (χ1) is 9.47. The van der Waals surface area contributed by atoms with Gasteiger partial charge in [-0.1, -0.05) is 0 Å². The van der Waals surface area contributed by atoms with E-state index in [0.29, 0.717) is 5.69 Å². The van der Waals surface area contributed by atoms with Crippen molar-refractivity contribution in [3.63, 3.8) is 0 Å². The van der Waals surface area contributed by atoms with Crippen LogP contribution in [0.15, 0.2) is 36.4 Å². The molecule has 0 amide bonds. The van der Waals surface area contributed by atoms with Gasteiger partial charge in [-0.25, -0.2) is 18.0 Å². The summed E-state index contributed by atoms with van der Waals surface area (Å²) in [5.41, 5.74) is -0.103. The molecule has 0 bridgehead atoms. The molecule has 2 N–H and O–H groups in total. The van der Waals surface area contributed by atoms with E-state index in [1.807, 2.05) is 0 Å². The maximum atomic E-state index is 13.4. The second-order valence-corrected chi connectivity index (χ2v) is 4.09. The van der Waals surface area contributed by atoms with Crippen LogP contribution in [-0.2, 0) is 6.54 Å². The molecule has 0 fully saturated rings. The lowest BCUT2D eigenvalue weighted by atomic mass is 10.1. The third-order valence-electron chi connectivity index (χ3n) is 2.69. The van der Waals surface area contributed by atoms with Crippen molar-refractivity contribution in [2.75, 3.05) is 5.32 Å². The SMILES string of the molecule is O=C(O)c1cc(NCc2cc(F)ccc2F)ccc1F. The summed E-state index contributed by atoms with van der Waals surface area (Å²) in [7, 11) is 0. The zero-order chi connectivity index (χ0) is 14.7. The minimum Gasteiger partial charge on any atom is -0.478 e. The Labute approximate surface area is 112 Å². The predicted octanol–water partition coefficient (Wildman–Crippen LogP) is 3.41. The van der Waals surface area contributed by atoms with Gasteiger partial charge >= 0.3 is 5.97 Å². The van der Waals surface area contributed by atoms with Gasteiger partial charge in [0.1, 0.15) is 17.5 Å². The largest absolute Gasteiger partial charge is 0.478 e. The topological polar surface area (TPSA) is 49.3 Å². The molecule has 6 heteroatoms. The van der Waals surface area contributed by atoms with Crippen molar-refractivity contribution in [1.82, 2.24) is 0 Å². The first-order valence-corrected chi connectivity index (χ1v) is 5.68. The molecule has 0 atom stereocenters. The Kier molecular flexibility index (Phi) is 3.93. The first kappa shape index (κ1) is 13.9. The molecule has 0 heterocycles. The Morgan fingerprint density at radius 1 is 1.05 bits per heavy atom. The zero-order valence-corrected chi connectivity index (χ0v) is 10.2. The molecule has 0 aromatic heterocycles. The molecule has 0 saturated carbocycles. The Morgan fingerprint density at radius 2 is 1.75 bits per heavy atom. The van der Waals surface area contributed by atoms with Crippen molar-refractivity contribution >= 4 is 11.7 Å². The van der Waals surface area contributed by atoms with Gasteiger partial charge in [0.2, 0.25) is 0 Å². The molecule has 104 valence electrons. The van der Waals surface area contributed by atoms with Crippen molar-refractivity contribution in [2.24, 2.45) is 0 Å². The van der Waals surface area contributed by atoms with Crippen LogP contribution in [-0.4, -0.2) is 11.1 Å². The maximum absolute atomic E-state index is 13.4. The van der Waals surface area contributed by atoms with Crippen LogP contribution in [0.3, 0.4) is 0 Å². The van der Waals surface area contributed by atoms with E-state index in [4.69, 9.17) is 5.11 Å². The number of aromatic carboxylic acids is 1. The first-order valence-electron chi connectivity index (χ1n) is 5.68. The summed E-state index contributed by atoms with van der Waals surface area (Å²) in [6.07, 6.45) is 0. The Bertz CT molecular complexity index is 659. The molecule has 0 aliphatic heterocycles. The Balaban J connectivity index is 2.17. The monoisotopic (exact) mass is 281 g/mol. The highest BCUT2D eigenvalue weighted by atomic mass is 19.1. The predicted molar refractivity (Wildman–Crippen MR) is 67.0 cm³/mol. The molecule has 2 rings (SSSR count). The van der Waals surface area contributed by atoms with Gasteiger partial charge in [-0.3, -0.25) is 0 Å². The van der Waals surface area contributed by atoms with Crippen LogP contribution in [0.5, 0.6) is 0 Å². The number of carboxylic acid groups (broad SMARTS) is 1. The molecule has 0 spiro atoms. The molecule has 0 aliphatic rings. The molecule has 0 aliphatic carbocycles. The molecule has 3 nitrogen and oxygen atoms in total. The average molecular weight is 281 g/mol. The standard InChI is InChI=1S/C14H10F3NO2/c15-9-1-3-12(16)8(5-9)7-18-10-2-4-13(17)11(6-10)14(19)20/h1-6,18H,7H2,(H,19,20). The third-order valence-corrected chi connectivity index (χ3v) is 2.69. The minimum atomic E-state index is -1.40. The van der Waals surface area contributed by atoms with Gasteiger partial charge in [0.25, 0.3) is 0 Å². The molecule has 20 heavy (non-hydrogen) atoms. The summed E-state index contributed by atoms with van der Waals surface area (Å²) in [5.74, 6) is -3.42. The van der Waals surface area contributed by atoms with E-state index in [0.717, 1.165) is 30.3 Å². The van der Waals surface area contributed by atoms with Crippen LogP contribution in [0.1, 0.15) is 15.9 Å². The van der Waals surface area contributed by atoms with Gasteiger partial charge in [-0.05, 0) is 36.4 Å². The van der Waals surface area contributed by atoms with Crippen molar-refractivity contribution in [3.8, 4) is 0 Å². The van der Waals surface area contributed by atoms with Crippen LogP contribution in [0.4, 0.5) is 18.9 Å². The fraction of sp³-hybridized carbons (Fsp3) is 0.0714. The Morgan fingerprint density at radius 3 is 2.45 bits per heavy atom. The van der Waals surface area contributed by atoms with Crippen LogP contribution in [0, 0.1) is 17.5 Å². The molecule has 2 aromatic rings. The lowest BCUT2D eigenvalue weighted by molar-refractivity contribution is 0.0692. The summed E-state index contributed by atoms with van der Waals surface area (Å²) in [6.45, 7) is -0.0473. The van der Waals surface area contributed by atoms with Crippen LogP contribution >= 0.6 is 0 Å². The van der Waals surface area contributed by atoms with Gasteiger partial charge in [0.05, 0.1) is 5.56 Å². The normalized spacial score (nSPS) is 10.3. The van der Waals surface area contributed by atoms with E-state index in [-0.39, 0.29) is 12.1 Å². The second kappa shape index (κ2) is 5.64. The summed E-state index contributed by atoms with van der Waals surface area (Å²) < 4.78 is 39.5.